The average Bonchev–Trinajstić information content (AvgIpc) is 2.84. The van der Waals surface area contributed by atoms with E-state index in [-0.39, 0.29) is 31.6 Å². The smallest absolute Gasteiger partial charge is 0.269 e. The van der Waals surface area contributed by atoms with Crippen LogP contribution in [0.3, 0.4) is 0 Å². The summed E-state index contributed by atoms with van der Waals surface area (Å²) < 4.78 is 0. The molecule has 0 bridgehead atoms. The molecule has 0 amide bonds. The van der Waals surface area contributed by atoms with Crippen molar-refractivity contribution in [3.8, 4) is 0 Å². The van der Waals surface area contributed by atoms with Crippen molar-refractivity contribution in [1.82, 2.24) is 0 Å². The van der Waals surface area contributed by atoms with Crippen LogP contribution in [0.2, 0.25) is 0 Å². The fraction of sp³-hybridized carbons (Fsp3) is 0.579. The van der Waals surface area contributed by atoms with Gasteiger partial charge >= 0.3 is 26.2 Å². The van der Waals surface area contributed by atoms with E-state index in [1.165, 1.54) is 28.7 Å². The molecule has 0 unspecified atom stereocenters. The molecule has 2 aliphatic rings. The second kappa shape index (κ2) is 8.33. The summed E-state index contributed by atoms with van der Waals surface area (Å²) in [6.45, 7) is 15.4. The minimum atomic E-state index is 0. The van der Waals surface area contributed by atoms with E-state index in [4.69, 9.17) is 0 Å². The number of hydrogen-bond donors (Lipinski definition) is 0. The van der Waals surface area contributed by atoms with Gasteiger partial charge in [0.25, 0.3) is 0 Å². The quantitative estimate of drug-likeness (QED) is 0.551. The van der Waals surface area contributed by atoms with Crippen LogP contribution in [0.5, 0.6) is 0 Å². The van der Waals surface area contributed by atoms with Gasteiger partial charge in [0, 0.05) is 0 Å². The molecule has 0 saturated heterocycles. The minimum absolute atomic E-state index is 0. The maximum absolute atomic E-state index is 3.44. The monoisotopic (exact) mass is 346 g/mol. The Hall–Kier alpha value is -0.157. The van der Waals surface area contributed by atoms with E-state index in [9.17, 15) is 0 Å². The molecule has 0 aliphatic heterocycles. The summed E-state index contributed by atoms with van der Waals surface area (Å²) >= 11 is 0. The van der Waals surface area contributed by atoms with Crippen molar-refractivity contribution >= 4 is 0 Å². The molecule has 0 radical (unpaired) electrons. The third kappa shape index (κ3) is 5.68. The minimum Gasteiger partial charge on any atom is -0.269 e. The average molecular weight is 348 g/mol. The van der Waals surface area contributed by atoms with Gasteiger partial charge in [-0.05, 0) is 5.92 Å². The van der Waals surface area contributed by atoms with Crippen molar-refractivity contribution in [2.45, 2.75) is 61.3 Å². The van der Waals surface area contributed by atoms with Crippen LogP contribution in [0.1, 0.15) is 61.3 Å². The van der Waals surface area contributed by atoms with E-state index < -0.39 is 0 Å². The summed E-state index contributed by atoms with van der Waals surface area (Å²) in [7, 11) is 0. The van der Waals surface area contributed by atoms with E-state index in [2.05, 4.69) is 72.8 Å². The van der Waals surface area contributed by atoms with E-state index in [0.29, 0.717) is 0 Å². The van der Waals surface area contributed by atoms with Crippen LogP contribution < -0.4 is 0 Å². The molecule has 0 aromatic heterocycles. The molecule has 0 nitrogen and oxygen atoms in total. The number of hydrogen-bond acceptors (Lipinski definition) is 0. The number of allylic oxidation sites excluding steroid dienone is 8. The third-order valence-electron chi connectivity index (χ3n) is 3.96. The molecule has 2 aliphatic carbocycles. The van der Waals surface area contributed by atoms with E-state index in [1.54, 1.807) is 0 Å². The topological polar surface area (TPSA) is 0 Å². The van der Waals surface area contributed by atoms with Gasteiger partial charge in [0.2, 0.25) is 0 Å². The van der Waals surface area contributed by atoms with Crippen LogP contribution in [0, 0.1) is 23.5 Å². The number of rotatable bonds is 2. The summed E-state index contributed by atoms with van der Waals surface area (Å²) in [5.74, 6) is 0.773. The molecule has 108 valence electrons. The standard InChI is InChI=1S/C10H15.C9H13.Zr/c1-7-6-10(4,5)9(3)8(7)2;1-8(2)7-9-5-3-4-6-9;/h1-5H3;3,5,8H,4,7H2,1-2H3;/q2*-1;+2. The van der Waals surface area contributed by atoms with Crippen LogP contribution >= 0.6 is 0 Å². The third-order valence-corrected chi connectivity index (χ3v) is 3.96. The van der Waals surface area contributed by atoms with Crippen molar-refractivity contribution in [2.75, 3.05) is 0 Å². The van der Waals surface area contributed by atoms with Crippen LogP contribution in [-0.4, -0.2) is 0 Å². The maximum atomic E-state index is 3.44. The van der Waals surface area contributed by atoms with Crippen LogP contribution in [-0.2, 0) is 26.2 Å². The van der Waals surface area contributed by atoms with Gasteiger partial charge < -0.3 is 0 Å². The summed E-state index contributed by atoms with van der Waals surface area (Å²) in [5.41, 5.74) is 5.79. The summed E-state index contributed by atoms with van der Waals surface area (Å²) in [4.78, 5) is 0. The molecule has 0 atom stereocenters. The zero-order valence-electron chi connectivity index (χ0n) is 14.1. The molecular weight excluding hydrogens is 319 g/mol. The molecule has 20 heavy (non-hydrogen) atoms. The van der Waals surface area contributed by atoms with Crippen molar-refractivity contribution in [3.05, 3.63) is 46.6 Å². The van der Waals surface area contributed by atoms with Crippen LogP contribution in [0.25, 0.3) is 0 Å². The maximum Gasteiger partial charge on any atom is 2.00 e. The Morgan fingerprint density at radius 2 is 1.80 bits per heavy atom. The summed E-state index contributed by atoms with van der Waals surface area (Å²) in [5, 5.41) is 0. The molecule has 0 fully saturated rings. The second-order valence-corrected chi connectivity index (χ2v) is 6.53. The summed E-state index contributed by atoms with van der Waals surface area (Å²) in [6, 6.07) is 0. The van der Waals surface area contributed by atoms with E-state index in [1.807, 2.05) is 0 Å². The summed E-state index contributed by atoms with van der Waals surface area (Å²) in [6.07, 6.45) is 13.3. The van der Waals surface area contributed by atoms with E-state index in [0.717, 1.165) is 12.3 Å². The molecule has 0 heterocycles. The molecule has 2 rings (SSSR count). The first-order valence-electron chi connectivity index (χ1n) is 7.30. The second-order valence-electron chi connectivity index (χ2n) is 6.53. The molecular formula is C19H28Zr. The zero-order chi connectivity index (χ0) is 14.6. The Labute approximate surface area is 145 Å². The fourth-order valence-corrected chi connectivity index (χ4v) is 2.44. The largest absolute Gasteiger partial charge is 2.00 e. The predicted molar refractivity (Wildman–Crippen MR) is 84.6 cm³/mol. The fourth-order valence-electron chi connectivity index (χ4n) is 2.44. The van der Waals surface area contributed by atoms with Gasteiger partial charge in [0.1, 0.15) is 0 Å². The van der Waals surface area contributed by atoms with Gasteiger partial charge in [-0.3, -0.25) is 12.2 Å². The van der Waals surface area contributed by atoms with Crippen molar-refractivity contribution in [3.63, 3.8) is 0 Å². The normalized spacial score (nSPS) is 19.4. The van der Waals surface area contributed by atoms with Gasteiger partial charge in [-0.25, -0.2) is 17.2 Å². The Morgan fingerprint density at radius 1 is 1.20 bits per heavy atom. The van der Waals surface area contributed by atoms with Gasteiger partial charge in [0.05, 0.1) is 0 Å². The first-order chi connectivity index (χ1) is 8.74. The zero-order valence-corrected chi connectivity index (χ0v) is 16.6. The van der Waals surface area contributed by atoms with Crippen molar-refractivity contribution < 1.29 is 26.2 Å². The Balaban J connectivity index is 0.000000345. The molecule has 0 aromatic rings. The molecule has 0 aromatic carbocycles. The Bertz CT molecular complexity index is 442. The van der Waals surface area contributed by atoms with Crippen molar-refractivity contribution in [1.29, 1.82) is 0 Å². The Morgan fingerprint density at radius 3 is 2.05 bits per heavy atom. The van der Waals surface area contributed by atoms with Gasteiger partial charge in [0.15, 0.2) is 0 Å². The molecule has 0 spiro atoms. The first-order valence-corrected chi connectivity index (χ1v) is 7.30. The first kappa shape index (κ1) is 19.8. The molecule has 0 saturated carbocycles. The van der Waals surface area contributed by atoms with Crippen LogP contribution in [0.15, 0.2) is 34.4 Å². The SMILES string of the molecule is CC(C)CC1=[C-]CC=C1.CC1=[C-]C(C)(C)C(C)=C1C.[Zr+2]. The predicted octanol–water partition coefficient (Wildman–Crippen LogP) is 5.83. The van der Waals surface area contributed by atoms with Gasteiger partial charge in [-0.2, -0.15) is 17.2 Å². The van der Waals surface area contributed by atoms with E-state index >= 15 is 0 Å². The van der Waals surface area contributed by atoms with Gasteiger partial charge in [-0.1, -0.05) is 53.4 Å². The van der Waals surface area contributed by atoms with Crippen LogP contribution in [0.4, 0.5) is 0 Å². The molecule has 0 N–H and O–H groups in total. The Kier molecular flexibility index (Phi) is 8.26. The molecule has 1 heteroatoms. The van der Waals surface area contributed by atoms with Gasteiger partial charge in [-0.15, -0.1) is 13.3 Å². The van der Waals surface area contributed by atoms with Crippen molar-refractivity contribution in [2.24, 2.45) is 11.3 Å².